The fraction of sp³-hybridized carbons (Fsp3) is 0.500. The average Bonchev–Trinajstić information content (AvgIpc) is 2.77. The summed E-state index contributed by atoms with van der Waals surface area (Å²) in [5, 5.41) is 0.925. The molecule has 2 N–H and O–H groups in total. The minimum Gasteiger partial charge on any atom is -0.472 e. The number of hydrogen-bond donors (Lipinski definition) is 1. The van der Waals surface area contributed by atoms with Crippen LogP contribution in [-0.4, -0.2) is 17.1 Å². The first-order valence-corrected chi connectivity index (χ1v) is 6.59. The van der Waals surface area contributed by atoms with Gasteiger partial charge in [-0.1, -0.05) is 12.8 Å². The highest BCUT2D eigenvalue weighted by atomic mass is 16.5. The highest BCUT2D eigenvalue weighted by Gasteiger charge is 2.23. The van der Waals surface area contributed by atoms with Gasteiger partial charge in [0.1, 0.15) is 11.7 Å². The van der Waals surface area contributed by atoms with Gasteiger partial charge in [-0.15, -0.1) is 0 Å². The molecule has 2 atom stereocenters. The fourth-order valence-electron chi connectivity index (χ4n) is 2.55. The van der Waals surface area contributed by atoms with Gasteiger partial charge in [0, 0.05) is 12.2 Å². The summed E-state index contributed by atoms with van der Waals surface area (Å²) >= 11 is 0. The Hall–Kier alpha value is -1.55. The first-order chi connectivity index (χ1) is 8.84. The molecule has 2 aromatic rings. The van der Waals surface area contributed by atoms with Gasteiger partial charge in [-0.05, 0) is 31.4 Å². The second-order valence-electron chi connectivity index (χ2n) is 4.91. The molecule has 0 radical (unpaired) electrons. The maximum Gasteiger partial charge on any atom is 0.224 e. The molecular formula is C14H18N2O2. The molecule has 0 amide bonds. The van der Waals surface area contributed by atoms with Gasteiger partial charge >= 0.3 is 0 Å². The summed E-state index contributed by atoms with van der Waals surface area (Å²) < 4.78 is 11.4. The van der Waals surface area contributed by atoms with Crippen molar-refractivity contribution >= 4 is 11.0 Å². The molecule has 4 nitrogen and oxygen atoms in total. The molecule has 1 saturated carbocycles. The summed E-state index contributed by atoms with van der Waals surface area (Å²) in [6, 6.07) is 3.84. The Bertz CT molecular complexity index is 523. The number of rotatable bonds is 2. The third kappa shape index (κ3) is 2.20. The number of aromatic nitrogens is 1. The number of nitrogens with zero attached hydrogens (tertiary/aromatic N) is 1. The van der Waals surface area contributed by atoms with Crippen molar-refractivity contribution in [2.75, 3.05) is 0 Å². The zero-order chi connectivity index (χ0) is 12.4. The lowest BCUT2D eigenvalue weighted by Crippen LogP contribution is -2.38. The monoisotopic (exact) mass is 246 g/mol. The van der Waals surface area contributed by atoms with E-state index in [2.05, 4.69) is 4.98 Å². The fourth-order valence-corrected chi connectivity index (χ4v) is 2.55. The lowest BCUT2D eigenvalue weighted by atomic mass is 10.1. The van der Waals surface area contributed by atoms with Crippen molar-refractivity contribution in [3.63, 3.8) is 0 Å². The molecule has 2 heterocycles. The second-order valence-corrected chi connectivity index (χ2v) is 4.91. The van der Waals surface area contributed by atoms with Crippen LogP contribution in [0.2, 0.25) is 0 Å². The molecule has 2 unspecified atom stereocenters. The van der Waals surface area contributed by atoms with Crippen molar-refractivity contribution < 1.29 is 9.15 Å². The van der Waals surface area contributed by atoms with Crippen LogP contribution in [0.1, 0.15) is 32.1 Å². The molecule has 0 aromatic carbocycles. The van der Waals surface area contributed by atoms with Crippen molar-refractivity contribution in [2.45, 2.75) is 44.2 Å². The summed E-state index contributed by atoms with van der Waals surface area (Å²) in [7, 11) is 0. The average molecular weight is 246 g/mol. The number of nitrogens with two attached hydrogens (primary N) is 1. The Kier molecular flexibility index (Phi) is 3.19. The van der Waals surface area contributed by atoms with Gasteiger partial charge in [0.2, 0.25) is 5.88 Å². The van der Waals surface area contributed by atoms with E-state index in [1.54, 1.807) is 12.5 Å². The predicted octanol–water partition coefficient (Wildman–Crippen LogP) is 2.87. The summed E-state index contributed by atoms with van der Waals surface area (Å²) in [6.07, 6.45) is 9.11. The molecule has 0 spiro atoms. The molecule has 96 valence electrons. The van der Waals surface area contributed by atoms with Gasteiger partial charge in [0.15, 0.2) is 0 Å². The lowest BCUT2D eigenvalue weighted by molar-refractivity contribution is 0.158. The minimum absolute atomic E-state index is 0.0699. The highest BCUT2D eigenvalue weighted by molar-refractivity contribution is 5.81. The summed E-state index contributed by atoms with van der Waals surface area (Å²) in [6.45, 7) is 0. The maximum absolute atomic E-state index is 6.17. The van der Waals surface area contributed by atoms with E-state index < -0.39 is 0 Å². The summed E-state index contributed by atoms with van der Waals surface area (Å²) in [4.78, 5) is 4.30. The Morgan fingerprint density at radius 3 is 3.06 bits per heavy atom. The lowest BCUT2D eigenvalue weighted by Gasteiger charge is -2.22. The van der Waals surface area contributed by atoms with Gasteiger partial charge in [0.25, 0.3) is 0 Å². The summed E-state index contributed by atoms with van der Waals surface area (Å²) in [5.74, 6) is 0.642. The zero-order valence-corrected chi connectivity index (χ0v) is 10.3. The van der Waals surface area contributed by atoms with E-state index in [1.165, 1.54) is 19.3 Å². The van der Waals surface area contributed by atoms with E-state index in [0.717, 1.165) is 23.8 Å². The minimum atomic E-state index is 0.0699. The van der Waals surface area contributed by atoms with Crippen LogP contribution < -0.4 is 10.5 Å². The smallest absolute Gasteiger partial charge is 0.224 e. The van der Waals surface area contributed by atoms with E-state index in [-0.39, 0.29) is 12.1 Å². The van der Waals surface area contributed by atoms with Crippen molar-refractivity contribution in [1.29, 1.82) is 0 Å². The third-order valence-electron chi connectivity index (χ3n) is 3.61. The van der Waals surface area contributed by atoms with Crippen molar-refractivity contribution in [2.24, 2.45) is 5.73 Å². The molecular weight excluding hydrogens is 228 g/mol. The summed E-state index contributed by atoms with van der Waals surface area (Å²) in [5.41, 5.74) is 6.98. The van der Waals surface area contributed by atoms with E-state index in [1.807, 2.05) is 12.1 Å². The van der Waals surface area contributed by atoms with E-state index in [4.69, 9.17) is 14.9 Å². The standard InChI is InChI=1S/C14H18N2O2/c15-11-4-2-1-3-5-13(11)18-14-10-7-9-17-12(10)6-8-16-14/h6-9,11,13H,1-5,15H2. The zero-order valence-electron chi connectivity index (χ0n) is 10.3. The quantitative estimate of drug-likeness (QED) is 0.828. The molecule has 2 aromatic heterocycles. The molecule has 1 aliphatic carbocycles. The van der Waals surface area contributed by atoms with Crippen molar-refractivity contribution in [3.05, 3.63) is 24.6 Å². The predicted molar refractivity (Wildman–Crippen MR) is 69.5 cm³/mol. The van der Waals surface area contributed by atoms with Crippen LogP contribution in [0.3, 0.4) is 0 Å². The number of ether oxygens (including phenoxy) is 1. The van der Waals surface area contributed by atoms with Crippen LogP contribution >= 0.6 is 0 Å². The molecule has 0 aliphatic heterocycles. The molecule has 1 fully saturated rings. The molecule has 18 heavy (non-hydrogen) atoms. The van der Waals surface area contributed by atoms with Crippen LogP contribution in [0.15, 0.2) is 29.0 Å². The Morgan fingerprint density at radius 2 is 2.11 bits per heavy atom. The first-order valence-electron chi connectivity index (χ1n) is 6.59. The number of pyridine rings is 1. The van der Waals surface area contributed by atoms with E-state index in [9.17, 15) is 0 Å². The largest absolute Gasteiger partial charge is 0.472 e. The third-order valence-corrected chi connectivity index (χ3v) is 3.61. The number of hydrogen-bond acceptors (Lipinski definition) is 4. The van der Waals surface area contributed by atoms with Gasteiger partial charge in [-0.2, -0.15) is 0 Å². The first kappa shape index (κ1) is 11.5. The molecule has 1 aliphatic rings. The Balaban J connectivity index is 1.84. The Morgan fingerprint density at radius 1 is 1.22 bits per heavy atom. The maximum atomic E-state index is 6.17. The van der Waals surface area contributed by atoms with Crippen LogP contribution in [-0.2, 0) is 0 Å². The van der Waals surface area contributed by atoms with E-state index in [0.29, 0.717) is 5.88 Å². The Labute approximate surface area is 106 Å². The van der Waals surface area contributed by atoms with Crippen LogP contribution in [0, 0.1) is 0 Å². The van der Waals surface area contributed by atoms with Gasteiger partial charge in [-0.3, -0.25) is 0 Å². The van der Waals surface area contributed by atoms with Gasteiger partial charge < -0.3 is 14.9 Å². The highest BCUT2D eigenvalue weighted by Crippen LogP contribution is 2.27. The SMILES string of the molecule is NC1CCCCCC1Oc1nccc2occc12. The van der Waals surface area contributed by atoms with Gasteiger partial charge in [-0.25, -0.2) is 4.98 Å². The van der Waals surface area contributed by atoms with E-state index >= 15 is 0 Å². The van der Waals surface area contributed by atoms with Gasteiger partial charge in [0.05, 0.1) is 11.6 Å². The van der Waals surface area contributed by atoms with Crippen molar-refractivity contribution in [3.8, 4) is 5.88 Å². The molecule has 0 saturated heterocycles. The van der Waals surface area contributed by atoms with Crippen LogP contribution in [0.5, 0.6) is 5.88 Å². The van der Waals surface area contributed by atoms with Crippen LogP contribution in [0.25, 0.3) is 11.0 Å². The number of fused-ring (bicyclic) bond motifs is 1. The second kappa shape index (κ2) is 4.98. The normalized spacial score (nSPS) is 24.9. The molecule has 0 bridgehead atoms. The van der Waals surface area contributed by atoms with Crippen molar-refractivity contribution in [1.82, 2.24) is 4.98 Å². The molecule has 3 rings (SSSR count). The van der Waals surface area contributed by atoms with Crippen LogP contribution in [0.4, 0.5) is 0 Å². The number of furan rings is 1. The molecule has 4 heteroatoms. The topological polar surface area (TPSA) is 61.3 Å².